The van der Waals surface area contributed by atoms with Gasteiger partial charge in [-0.15, -0.1) is 11.8 Å². The van der Waals surface area contributed by atoms with Crippen molar-refractivity contribution in [3.63, 3.8) is 0 Å². The molecule has 2 aromatic carbocycles. The summed E-state index contributed by atoms with van der Waals surface area (Å²) in [5.74, 6) is -3.90. The normalized spacial score (nSPS) is 17.9. The first-order valence-electron chi connectivity index (χ1n) is 17.4. The van der Waals surface area contributed by atoms with Crippen molar-refractivity contribution in [3.05, 3.63) is 66.2 Å². The number of amides is 6. The summed E-state index contributed by atoms with van der Waals surface area (Å²) in [5.41, 5.74) is 3.28. The lowest BCUT2D eigenvalue weighted by atomic mass is 9.96. The van der Waals surface area contributed by atoms with E-state index in [0.717, 1.165) is 0 Å². The van der Waals surface area contributed by atoms with E-state index in [9.17, 15) is 33.9 Å². The molecule has 0 aromatic heterocycles. The van der Waals surface area contributed by atoms with E-state index in [1.807, 2.05) is 0 Å². The van der Waals surface area contributed by atoms with Crippen molar-refractivity contribution < 1.29 is 43.4 Å². The summed E-state index contributed by atoms with van der Waals surface area (Å²) >= 11 is 1.30. The molecule has 1 fully saturated rings. The monoisotopic (exact) mass is 756 g/mol. The highest BCUT2D eigenvalue weighted by molar-refractivity contribution is 8.00. The number of carbonyl (C=O) groups is 6. The van der Waals surface area contributed by atoms with Crippen molar-refractivity contribution in [1.82, 2.24) is 31.6 Å². The molecular formula is C37H52N6O9S. The van der Waals surface area contributed by atoms with E-state index in [0.29, 0.717) is 5.56 Å². The molecule has 6 N–H and O–H groups in total. The molecule has 0 saturated carbocycles. The second-order valence-corrected chi connectivity index (χ2v) is 15.6. The predicted octanol–water partition coefficient (Wildman–Crippen LogP) is 1.89. The highest BCUT2D eigenvalue weighted by Gasteiger charge is 2.50. The molecule has 15 nitrogen and oxygen atoms in total. The number of benzene rings is 2. The molecule has 1 heterocycles. The van der Waals surface area contributed by atoms with Gasteiger partial charge in [-0.1, -0.05) is 76.2 Å². The topological polar surface area (TPSA) is 204 Å². The Balaban J connectivity index is 1.80. The highest BCUT2D eigenvalue weighted by atomic mass is 32.2. The molecule has 16 heteroatoms. The van der Waals surface area contributed by atoms with Gasteiger partial charge in [-0.25, -0.2) is 4.79 Å². The van der Waals surface area contributed by atoms with E-state index in [1.165, 1.54) is 30.7 Å². The number of para-hydroxylation sites is 1. The fourth-order valence-electron chi connectivity index (χ4n) is 5.70. The second kappa shape index (κ2) is 19.5. The lowest BCUT2D eigenvalue weighted by molar-refractivity contribution is -0.149. The van der Waals surface area contributed by atoms with Crippen molar-refractivity contribution in [3.8, 4) is 5.75 Å². The Morgan fingerprint density at radius 2 is 1.42 bits per heavy atom. The summed E-state index contributed by atoms with van der Waals surface area (Å²) in [7, 11) is 1.36. The number of nitrogens with one attached hydrogen (secondary N) is 5. The Hall–Kier alpha value is -4.51. The van der Waals surface area contributed by atoms with Gasteiger partial charge in [-0.2, -0.15) is 5.48 Å². The summed E-state index contributed by atoms with van der Waals surface area (Å²) in [6.07, 6.45) is -2.66. The van der Waals surface area contributed by atoms with Crippen molar-refractivity contribution in [2.75, 3.05) is 13.0 Å². The fraction of sp³-hybridized carbons (Fsp3) is 0.514. The number of rotatable bonds is 16. The first-order valence-corrected chi connectivity index (χ1v) is 18.4. The highest BCUT2D eigenvalue weighted by Crippen LogP contribution is 2.40. The number of hydrogen-bond donors (Lipinski definition) is 6. The third kappa shape index (κ3) is 12.0. The van der Waals surface area contributed by atoms with E-state index < -0.39 is 82.6 Å². The SMILES string of the molecule is CON[C@H](C(=O)NC(=O)[C@H]1N(C(=O)[C@H](O)[C@H](Cc2ccccc2)NC(=O)[C@@H](NC(=O)[C@H](C)NC(=O)Oc2ccccc2)C(C)C)CSC1(C)C)C(C)C. The van der Waals surface area contributed by atoms with Crippen LogP contribution in [0.15, 0.2) is 60.7 Å². The van der Waals surface area contributed by atoms with E-state index in [2.05, 4.69) is 26.7 Å². The summed E-state index contributed by atoms with van der Waals surface area (Å²) < 4.78 is 4.35. The average Bonchev–Trinajstić information content (AvgIpc) is 3.43. The van der Waals surface area contributed by atoms with Crippen molar-refractivity contribution >= 4 is 47.4 Å². The van der Waals surface area contributed by atoms with Gasteiger partial charge in [0.05, 0.1) is 19.0 Å². The molecular weight excluding hydrogens is 705 g/mol. The first-order chi connectivity index (χ1) is 25.0. The van der Waals surface area contributed by atoms with Crippen LogP contribution < -0.4 is 31.5 Å². The molecule has 0 unspecified atom stereocenters. The lowest BCUT2D eigenvalue weighted by Crippen LogP contribution is -2.62. The molecule has 0 bridgehead atoms. The summed E-state index contributed by atoms with van der Waals surface area (Å²) in [5, 5.41) is 21.9. The van der Waals surface area contributed by atoms with E-state index in [1.54, 1.807) is 102 Å². The largest absolute Gasteiger partial charge is 0.413 e. The van der Waals surface area contributed by atoms with Crippen LogP contribution in [0.2, 0.25) is 0 Å². The van der Waals surface area contributed by atoms with Gasteiger partial charge in [0.2, 0.25) is 17.7 Å². The van der Waals surface area contributed by atoms with Crippen molar-refractivity contribution in [2.45, 2.75) is 95.9 Å². The first kappa shape index (κ1) is 42.9. The Kier molecular flexibility index (Phi) is 15.8. The number of aliphatic hydroxyl groups excluding tert-OH is 1. The number of nitrogens with zero attached hydrogens (tertiary/aromatic N) is 1. The summed E-state index contributed by atoms with van der Waals surface area (Å²) in [4.78, 5) is 86.2. The van der Waals surface area contributed by atoms with Crippen molar-refractivity contribution in [2.24, 2.45) is 11.8 Å². The summed E-state index contributed by atoms with van der Waals surface area (Å²) in [6, 6.07) is 11.8. The van der Waals surface area contributed by atoms with Crippen LogP contribution in [0.25, 0.3) is 0 Å². The number of thioether (sulfide) groups is 1. The molecule has 290 valence electrons. The van der Waals surface area contributed by atoms with Gasteiger partial charge >= 0.3 is 6.09 Å². The second-order valence-electron chi connectivity index (χ2n) is 14.0. The van der Waals surface area contributed by atoms with Crippen LogP contribution in [0.3, 0.4) is 0 Å². The maximum atomic E-state index is 14.1. The Morgan fingerprint density at radius 3 is 1.98 bits per heavy atom. The Labute approximate surface area is 314 Å². The molecule has 1 aliphatic heterocycles. The van der Waals surface area contributed by atoms with Crippen LogP contribution >= 0.6 is 11.8 Å². The van der Waals surface area contributed by atoms with E-state index in [-0.39, 0.29) is 24.0 Å². The van der Waals surface area contributed by atoms with E-state index in [4.69, 9.17) is 9.57 Å². The minimum atomic E-state index is -1.82. The number of aliphatic hydroxyl groups is 1. The molecule has 0 spiro atoms. The number of imide groups is 1. The predicted molar refractivity (Wildman–Crippen MR) is 199 cm³/mol. The van der Waals surface area contributed by atoms with Gasteiger partial charge in [-0.3, -0.25) is 29.3 Å². The number of hydrogen-bond acceptors (Lipinski definition) is 11. The molecule has 1 saturated heterocycles. The lowest BCUT2D eigenvalue weighted by Gasteiger charge is -2.34. The Bertz CT molecular complexity index is 1580. The van der Waals surface area contributed by atoms with Gasteiger partial charge < -0.3 is 35.5 Å². The fourth-order valence-corrected chi connectivity index (χ4v) is 6.84. The smallest absolute Gasteiger partial charge is 0.410 e. The van der Waals surface area contributed by atoms with Crippen LogP contribution in [0.5, 0.6) is 5.75 Å². The van der Waals surface area contributed by atoms with Crippen LogP contribution in [0, 0.1) is 11.8 Å². The number of hydroxylamine groups is 1. The van der Waals surface area contributed by atoms with Gasteiger partial charge in [0.1, 0.15) is 29.9 Å². The third-order valence-corrected chi connectivity index (χ3v) is 10.1. The molecule has 0 radical (unpaired) electrons. The molecule has 0 aliphatic carbocycles. The molecule has 53 heavy (non-hydrogen) atoms. The average molecular weight is 757 g/mol. The van der Waals surface area contributed by atoms with Crippen LogP contribution in [-0.2, 0) is 35.2 Å². The zero-order valence-corrected chi connectivity index (χ0v) is 32.2. The standard InChI is InChI=1S/C37H52N6O9S/c1-21(2)27(40-31(45)23(5)38-36(50)52-25-17-13-10-14-18-25)32(46)39-26(19-24-15-11-9-12-16-24)29(44)35(49)43-20-53-37(6,7)30(43)34(48)41-33(47)28(22(3)4)42-51-8/h9-18,21-23,26-30,42,44H,19-20H2,1-8H3,(H,38,50)(H,39,46)(H,40,45)(H,41,47,48)/t23-,26-,27-,28-,29+,30+/m0/s1. The molecule has 6 atom stereocenters. The Morgan fingerprint density at radius 1 is 0.830 bits per heavy atom. The van der Waals surface area contributed by atoms with Gasteiger partial charge in [0.25, 0.3) is 11.8 Å². The zero-order valence-electron chi connectivity index (χ0n) is 31.4. The maximum absolute atomic E-state index is 14.1. The quantitative estimate of drug-likeness (QED) is 0.137. The molecule has 3 rings (SSSR count). The van der Waals surface area contributed by atoms with Gasteiger partial charge in [-0.05, 0) is 56.7 Å². The molecule has 6 amide bonds. The summed E-state index contributed by atoms with van der Waals surface area (Å²) in [6.45, 7) is 11.9. The van der Waals surface area contributed by atoms with E-state index >= 15 is 0 Å². The molecule has 1 aliphatic rings. The minimum Gasteiger partial charge on any atom is -0.410 e. The van der Waals surface area contributed by atoms with Crippen LogP contribution in [0.1, 0.15) is 54.0 Å². The van der Waals surface area contributed by atoms with Gasteiger partial charge in [0, 0.05) is 4.75 Å². The van der Waals surface area contributed by atoms with Crippen LogP contribution in [0.4, 0.5) is 4.79 Å². The van der Waals surface area contributed by atoms with Crippen LogP contribution in [-0.4, -0.2) is 99.7 Å². The molecule has 2 aromatic rings. The maximum Gasteiger partial charge on any atom is 0.413 e. The third-order valence-electron chi connectivity index (χ3n) is 8.71. The zero-order chi connectivity index (χ0) is 39.5. The van der Waals surface area contributed by atoms with Gasteiger partial charge in [0.15, 0.2) is 6.10 Å². The number of ether oxygens (including phenoxy) is 1. The number of carbonyl (C=O) groups excluding carboxylic acids is 6. The minimum absolute atomic E-state index is 0.0278. The van der Waals surface area contributed by atoms with Crippen molar-refractivity contribution in [1.29, 1.82) is 0 Å².